The van der Waals surface area contributed by atoms with Crippen molar-refractivity contribution in [3.63, 3.8) is 0 Å². The summed E-state index contributed by atoms with van der Waals surface area (Å²) < 4.78 is 4.18. The molecule has 0 radical (unpaired) electrons. The molecule has 0 bridgehead atoms. The van der Waals surface area contributed by atoms with Gasteiger partial charge < -0.3 is 10.5 Å². The van der Waals surface area contributed by atoms with Gasteiger partial charge in [-0.2, -0.15) is 0 Å². The van der Waals surface area contributed by atoms with E-state index in [0.717, 1.165) is 0 Å². The third-order valence-corrected chi connectivity index (χ3v) is 0.287. The summed E-state index contributed by atoms with van der Waals surface area (Å²) in [5.41, 5.74) is 4.54. The molecular formula is C5H11Cl2NO2. The fourth-order valence-corrected chi connectivity index (χ4v) is 0.142. The Morgan fingerprint density at radius 3 is 2.00 bits per heavy atom. The van der Waals surface area contributed by atoms with E-state index >= 15 is 0 Å². The zero-order chi connectivity index (χ0) is 8.57. The maximum Gasteiger partial charge on any atom is 0.404 e. The Kier molecular flexibility index (Phi) is 11.1. The van der Waals surface area contributed by atoms with Crippen LogP contribution in [-0.2, 0) is 4.74 Å². The second-order valence-corrected chi connectivity index (χ2v) is 2.80. The van der Waals surface area contributed by atoms with Gasteiger partial charge in [0.05, 0.1) is 6.61 Å². The first-order chi connectivity index (χ1) is 4.50. The van der Waals surface area contributed by atoms with Crippen LogP contribution in [0.2, 0.25) is 0 Å². The number of carbonyl (C=O) groups excluding carboxylic acids is 1. The molecule has 2 N–H and O–H groups in total. The highest BCUT2D eigenvalue weighted by Gasteiger charge is 1.82. The fraction of sp³-hybridized carbons (Fsp3) is 0.800. The minimum absolute atomic E-state index is 0.222. The van der Waals surface area contributed by atoms with E-state index in [2.05, 4.69) is 10.5 Å². The second-order valence-electron chi connectivity index (χ2n) is 1.27. The predicted molar refractivity (Wildman–Crippen MR) is 42.4 cm³/mol. The first-order valence-corrected chi connectivity index (χ1v) is 3.58. The largest absolute Gasteiger partial charge is 0.450 e. The highest BCUT2D eigenvalue weighted by molar-refractivity contribution is 6.43. The zero-order valence-corrected chi connectivity index (χ0v) is 7.45. The summed E-state index contributed by atoms with van der Waals surface area (Å²) in [4.78, 5) is 9.38. The number of hydrogen-bond acceptors (Lipinski definition) is 2. The average molecular weight is 188 g/mol. The molecule has 0 aliphatic carbocycles. The van der Waals surface area contributed by atoms with E-state index in [1.807, 2.05) is 0 Å². The molecule has 0 rings (SSSR count). The van der Waals surface area contributed by atoms with Crippen molar-refractivity contribution in [2.75, 3.05) is 6.61 Å². The third kappa shape index (κ3) is 45.3. The topological polar surface area (TPSA) is 52.3 Å². The molecule has 0 heterocycles. The molecule has 0 spiro atoms. The van der Waals surface area contributed by atoms with Crippen molar-refractivity contribution in [1.29, 1.82) is 0 Å². The molecule has 0 aromatic carbocycles. The highest BCUT2D eigenvalue weighted by Crippen LogP contribution is 1.95. The molecule has 3 nitrogen and oxygen atoms in total. The van der Waals surface area contributed by atoms with Gasteiger partial charge in [0.2, 0.25) is 0 Å². The van der Waals surface area contributed by atoms with Gasteiger partial charge in [-0.15, -0.1) is 23.2 Å². The van der Waals surface area contributed by atoms with E-state index in [9.17, 15) is 4.79 Å². The Morgan fingerprint density at radius 2 is 2.00 bits per heavy atom. The lowest BCUT2D eigenvalue weighted by atomic mass is 10.9. The van der Waals surface area contributed by atoms with Crippen LogP contribution in [0.4, 0.5) is 4.79 Å². The van der Waals surface area contributed by atoms with Gasteiger partial charge in [0, 0.05) is 0 Å². The normalized spacial score (nSPS) is 8.10. The van der Waals surface area contributed by atoms with Gasteiger partial charge in [-0.25, -0.2) is 4.79 Å². The van der Waals surface area contributed by atoms with E-state index in [0.29, 0.717) is 6.61 Å². The minimum atomic E-state index is -0.711. The van der Waals surface area contributed by atoms with Gasteiger partial charge in [0.15, 0.2) is 0 Å². The number of ether oxygens (including phenoxy) is 1. The van der Waals surface area contributed by atoms with Crippen LogP contribution in [0.25, 0.3) is 0 Å². The smallest absolute Gasteiger partial charge is 0.404 e. The third-order valence-electron chi connectivity index (χ3n) is 0.287. The molecule has 0 saturated heterocycles. The predicted octanol–water partition coefficient (Wildman–Crippen LogP) is 1.91. The van der Waals surface area contributed by atoms with E-state index in [1.165, 1.54) is 0 Å². The summed E-state index contributed by atoms with van der Waals surface area (Å²) in [5.74, 6) is 0. The second kappa shape index (κ2) is 8.85. The quantitative estimate of drug-likeness (QED) is 0.639. The Bertz CT molecular complexity index is 85.0. The van der Waals surface area contributed by atoms with Crippen molar-refractivity contribution in [2.45, 2.75) is 18.7 Å². The van der Waals surface area contributed by atoms with Gasteiger partial charge in [0.25, 0.3) is 0 Å². The lowest BCUT2D eigenvalue weighted by Gasteiger charge is -1.89. The standard InChI is InChI=1S/C3H7NO2.C2H4Cl2/c1-2-6-3(4)5;1-2(3)4/h2H2,1H3,(H2,4,5);2H,1H3. The van der Waals surface area contributed by atoms with Gasteiger partial charge in [-0.1, -0.05) is 0 Å². The summed E-state index contributed by atoms with van der Waals surface area (Å²) in [7, 11) is 0. The first kappa shape index (κ1) is 12.5. The molecule has 0 unspecified atom stereocenters. The van der Waals surface area contributed by atoms with Crippen LogP contribution in [0.1, 0.15) is 13.8 Å². The Balaban J connectivity index is 0. The molecule has 5 heteroatoms. The van der Waals surface area contributed by atoms with Crippen LogP contribution >= 0.6 is 23.2 Å². The molecule has 0 fully saturated rings. The maximum atomic E-state index is 9.60. The van der Waals surface area contributed by atoms with E-state index in [1.54, 1.807) is 13.8 Å². The maximum absolute atomic E-state index is 9.60. The Morgan fingerprint density at radius 1 is 1.70 bits per heavy atom. The summed E-state index contributed by atoms with van der Waals surface area (Å²) >= 11 is 10.1. The molecule has 0 aliphatic rings. The van der Waals surface area contributed by atoms with Crippen molar-refractivity contribution in [1.82, 2.24) is 0 Å². The van der Waals surface area contributed by atoms with Crippen molar-refractivity contribution in [3.05, 3.63) is 0 Å². The van der Waals surface area contributed by atoms with Crippen LogP contribution in [0.15, 0.2) is 0 Å². The van der Waals surface area contributed by atoms with Gasteiger partial charge in [-0.3, -0.25) is 0 Å². The fourth-order valence-electron chi connectivity index (χ4n) is 0.142. The molecule has 0 aromatic rings. The van der Waals surface area contributed by atoms with Crippen LogP contribution < -0.4 is 5.73 Å². The summed E-state index contributed by atoms with van der Waals surface area (Å²) in [6, 6.07) is 0. The zero-order valence-electron chi connectivity index (χ0n) is 5.93. The van der Waals surface area contributed by atoms with Crippen molar-refractivity contribution >= 4 is 29.3 Å². The number of rotatable bonds is 1. The van der Waals surface area contributed by atoms with Crippen molar-refractivity contribution < 1.29 is 9.53 Å². The molecular weight excluding hydrogens is 177 g/mol. The number of hydrogen-bond donors (Lipinski definition) is 1. The number of primary amides is 1. The van der Waals surface area contributed by atoms with Crippen molar-refractivity contribution in [3.8, 4) is 0 Å². The average Bonchev–Trinajstić information content (AvgIpc) is 1.62. The highest BCUT2D eigenvalue weighted by atomic mass is 35.5. The van der Waals surface area contributed by atoms with Crippen LogP contribution in [0.5, 0.6) is 0 Å². The summed E-state index contributed by atoms with van der Waals surface area (Å²) in [6.07, 6.45) is -0.711. The van der Waals surface area contributed by atoms with Crippen LogP contribution in [-0.4, -0.2) is 17.5 Å². The first-order valence-electron chi connectivity index (χ1n) is 2.71. The number of carbonyl (C=O) groups is 1. The Hall–Kier alpha value is -0.150. The molecule has 0 aromatic heterocycles. The lowest BCUT2D eigenvalue weighted by Crippen LogP contribution is -2.11. The number of amides is 1. The molecule has 0 atom stereocenters. The van der Waals surface area contributed by atoms with Crippen LogP contribution in [0.3, 0.4) is 0 Å². The van der Waals surface area contributed by atoms with E-state index < -0.39 is 6.09 Å². The molecule has 10 heavy (non-hydrogen) atoms. The van der Waals surface area contributed by atoms with Gasteiger partial charge in [0.1, 0.15) is 4.84 Å². The number of halogens is 2. The molecule has 62 valence electrons. The number of alkyl halides is 2. The summed E-state index contributed by atoms with van der Waals surface area (Å²) in [6.45, 7) is 3.75. The van der Waals surface area contributed by atoms with E-state index in [-0.39, 0.29) is 4.84 Å². The molecule has 0 aliphatic heterocycles. The Labute approximate surface area is 70.4 Å². The van der Waals surface area contributed by atoms with Gasteiger partial charge >= 0.3 is 6.09 Å². The van der Waals surface area contributed by atoms with Crippen molar-refractivity contribution in [2.24, 2.45) is 5.73 Å². The lowest BCUT2D eigenvalue weighted by molar-refractivity contribution is 0.163. The van der Waals surface area contributed by atoms with E-state index in [4.69, 9.17) is 23.2 Å². The van der Waals surface area contributed by atoms with Gasteiger partial charge in [-0.05, 0) is 13.8 Å². The molecule has 0 saturated carbocycles. The minimum Gasteiger partial charge on any atom is -0.450 e. The van der Waals surface area contributed by atoms with Crippen LogP contribution in [0, 0.1) is 0 Å². The summed E-state index contributed by atoms with van der Waals surface area (Å²) in [5, 5.41) is 0. The monoisotopic (exact) mass is 187 g/mol. The SMILES string of the molecule is CC(Cl)Cl.CCOC(N)=O. The number of nitrogens with two attached hydrogens (primary N) is 1. The molecule has 1 amide bonds.